The minimum Gasteiger partial charge on any atom is -0.484 e. The molecule has 0 fully saturated rings. The van der Waals surface area contributed by atoms with Crippen LogP contribution in [-0.4, -0.2) is 6.54 Å². The van der Waals surface area contributed by atoms with Crippen molar-refractivity contribution in [3.63, 3.8) is 0 Å². The Bertz CT molecular complexity index is 524. The lowest BCUT2D eigenvalue weighted by Gasteiger charge is -2.16. The number of aryl methyl sites for hydroxylation is 1. The summed E-state index contributed by atoms with van der Waals surface area (Å²) in [4.78, 5) is 1.06. The lowest BCUT2D eigenvalue weighted by Crippen LogP contribution is -2.17. The molecule has 1 unspecified atom stereocenters. The second kappa shape index (κ2) is 7.67. The van der Waals surface area contributed by atoms with Gasteiger partial charge in [0, 0.05) is 11.4 Å². The third-order valence-electron chi connectivity index (χ3n) is 3.15. The van der Waals surface area contributed by atoms with Gasteiger partial charge in [0.05, 0.1) is 4.34 Å². The predicted molar refractivity (Wildman–Crippen MR) is 86.8 cm³/mol. The molecule has 1 heterocycles. The maximum absolute atomic E-state index is 5.96. The minimum atomic E-state index is -0.131. The van der Waals surface area contributed by atoms with Gasteiger partial charge in [0.1, 0.15) is 11.9 Å². The van der Waals surface area contributed by atoms with Gasteiger partial charge in [-0.25, -0.2) is 0 Å². The highest BCUT2D eigenvalue weighted by Gasteiger charge is 2.13. The van der Waals surface area contributed by atoms with Crippen LogP contribution in [0.4, 0.5) is 0 Å². The van der Waals surface area contributed by atoms with Gasteiger partial charge in [-0.05, 0) is 42.7 Å². The fraction of sp³-hybridized carbons (Fsp3) is 0.375. The minimum absolute atomic E-state index is 0.131. The molecule has 0 aliphatic carbocycles. The molecule has 2 rings (SSSR count). The smallest absolute Gasteiger partial charge is 0.145 e. The monoisotopic (exact) mass is 309 g/mol. The molecule has 2 aromatic rings. The van der Waals surface area contributed by atoms with E-state index in [9.17, 15) is 0 Å². The third kappa shape index (κ3) is 4.23. The second-order valence-corrected chi connectivity index (χ2v) is 6.48. The Kier molecular flexibility index (Phi) is 5.89. The quantitative estimate of drug-likeness (QED) is 0.795. The molecule has 1 aromatic carbocycles. The van der Waals surface area contributed by atoms with Crippen molar-refractivity contribution in [3.05, 3.63) is 51.2 Å². The standard InChI is InChI=1S/C16H20ClNOS/c1-2-3-4-12-5-7-13(8-6-12)19-14(11-18)15-9-10-16(17)20-15/h5-10,14H,2-4,11,18H2,1H3. The number of halogens is 1. The summed E-state index contributed by atoms with van der Waals surface area (Å²) < 4.78 is 6.71. The number of thiophene rings is 1. The van der Waals surface area contributed by atoms with Crippen LogP contribution in [0, 0.1) is 0 Å². The van der Waals surface area contributed by atoms with Crippen molar-refractivity contribution < 1.29 is 4.74 Å². The SMILES string of the molecule is CCCCc1ccc(OC(CN)c2ccc(Cl)s2)cc1. The Hall–Kier alpha value is -1.03. The lowest BCUT2D eigenvalue weighted by atomic mass is 10.1. The van der Waals surface area contributed by atoms with Gasteiger partial charge >= 0.3 is 0 Å². The Morgan fingerprint density at radius 3 is 2.50 bits per heavy atom. The summed E-state index contributed by atoms with van der Waals surface area (Å²) in [6, 6.07) is 12.1. The number of hydrogen-bond acceptors (Lipinski definition) is 3. The van der Waals surface area contributed by atoms with Crippen LogP contribution in [0.3, 0.4) is 0 Å². The first kappa shape index (κ1) is 15.4. The molecule has 0 amide bonds. The summed E-state index contributed by atoms with van der Waals surface area (Å²) in [5, 5.41) is 0. The molecule has 108 valence electrons. The summed E-state index contributed by atoms with van der Waals surface area (Å²) in [6.45, 7) is 2.64. The second-order valence-electron chi connectivity index (χ2n) is 4.73. The van der Waals surface area contributed by atoms with E-state index in [-0.39, 0.29) is 6.10 Å². The lowest BCUT2D eigenvalue weighted by molar-refractivity contribution is 0.218. The van der Waals surface area contributed by atoms with E-state index in [1.54, 1.807) is 0 Å². The van der Waals surface area contributed by atoms with E-state index in [0.717, 1.165) is 21.4 Å². The van der Waals surface area contributed by atoms with Gasteiger partial charge in [0.25, 0.3) is 0 Å². The molecule has 0 aliphatic heterocycles. The highest BCUT2D eigenvalue weighted by Crippen LogP contribution is 2.30. The van der Waals surface area contributed by atoms with E-state index in [4.69, 9.17) is 22.1 Å². The Balaban J connectivity index is 2.00. The average Bonchev–Trinajstić information content (AvgIpc) is 2.90. The Labute approximate surface area is 129 Å². The molecule has 20 heavy (non-hydrogen) atoms. The van der Waals surface area contributed by atoms with Gasteiger partial charge in [-0.3, -0.25) is 0 Å². The molecule has 0 bridgehead atoms. The summed E-state index contributed by atoms with van der Waals surface area (Å²) in [6.07, 6.45) is 3.43. The van der Waals surface area contributed by atoms with Crippen LogP contribution in [-0.2, 0) is 6.42 Å². The first-order valence-corrected chi connectivity index (χ1v) is 8.13. The van der Waals surface area contributed by atoms with Crippen molar-refractivity contribution in [2.45, 2.75) is 32.3 Å². The van der Waals surface area contributed by atoms with E-state index in [1.807, 2.05) is 24.3 Å². The molecule has 0 radical (unpaired) electrons. The summed E-state index contributed by atoms with van der Waals surface area (Å²) >= 11 is 7.47. The number of ether oxygens (including phenoxy) is 1. The maximum Gasteiger partial charge on any atom is 0.145 e. The van der Waals surface area contributed by atoms with Crippen LogP contribution in [0.15, 0.2) is 36.4 Å². The van der Waals surface area contributed by atoms with Crippen molar-refractivity contribution in [2.24, 2.45) is 5.73 Å². The zero-order chi connectivity index (χ0) is 14.4. The Morgan fingerprint density at radius 2 is 1.95 bits per heavy atom. The van der Waals surface area contributed by atoms with Crippen LogP contribution in [0.5, 0.6) is 5.75 Å². The van der Waals surface area contributed by atoms with Crippen LogP contribution in [0.2, 0.25) is 4.34 Å². The Morgan fingerprint density at radius 1 is 1.20 bits per heavy atom. The van der Waals surface area contributed by atoms with Crippen molar-refractivity contribution >= 4 is 22.9 Å². The number of nitrogens with two attached hydrogens (primary N) is 1. The number of unbranched alkanes of at least 4 members (excludes halogenated alkanes) is 1. The third-order valence-corrected chi connectivity index (χ3v) is 4.47. The molecule has 0 saturated carbocycles. The predicted octanol–water partition coefficient (Wildman–Crippen LogP) is 4.82. The van der Waals surface area contributed by atoms with E-state index < -0.39 is 0 Å². The zero-order valence-electron chi connectivity index (χ0n) is 11.6. The molecule has 1 aromatic heterocycles. The average molecular weight is 310 g/mol. The van der Waals surface area contributed by atoms with Gasteiger partial charge in [0.15, 0.2) is 0 Å². The first-order valence-electron chi connectivity index (χ1n) is 6.93. The molecule has 4 heteroatoms. The molecular formula is C16H20ClNOS. The molecule has 1 atom stereocenters. The molecular weight excluding hydrogens is 290 g/mol. The van der Waals surface area contributed by atoms with Crippen LogP contribution < -0.4 is 10.5 Å². The highest BCUT2D eigenvalue weighted by molar-refractivity contribution is 7.16. The van der Waals surface area contributed by atoms with Gasteiger partial charge < -0.3 is 10.5 Å². The fourth-order valence-electron chi connectivity index (χ4n) is 2.00. The van der Waals surface area contributed by atoms with Gasteiger partial charge in [-0.2, -0.15) is 0 Å². The van der Waals surface area contributed by atoms with Crippen molar-refractivity contribution in [2.75, 3.05) is 6.54 Å². The van der Waals surface area contributed by atoms with Crippen molar-refractivity contribution in [3.8, 4) is 5.75 Å². The van der Waals surface area contributed by atoms with E-state index in [1.165, 1.54) is 29.7 Å². The van der Waals surface area contributed by atoms with Crippen molar-refractivity contribution in [1.82, 2.24) is 0 Å². The van der Waals surface area contributed by atoms with E-state index >= 15 is 0 Å². The van der Waals surface area contributed by atoms with Gasteiger partial charge in [-0.1, -0.05) is 37.1 Å². The normalized spacial score (nSPS) is 12.3. The maximum atomic E-state index is 5.96. The van der Waals surface area contributed by atoms with E-state index in [2.05, 4.69) is 19.1 Å². The summed E-state index contributed by atoms with van der Waals surface area (Å²) in [5.41, 5.74) is 7.15. The number of rotatable bonds is 7. The van der Waals surface area contributed by atoms with Crippen molar-refractivity contribution in [1.29, 1.82) is 0 Å². The van der Waals surface area contributed by atoms with Gasteiger partial charge in [-0.15, -0.1) is 11.3 Å². The first-order chi connectivity index (χ1) is 9.72. The largest absolute Gasteiger partial charge is 0.484 e. The molecule has 0 saturated heterocycles. The van der Waals surface area contributed by atoms with Crippen LogP contribution >= 0.6 is 22.9 Å². The number of hydrogen-bond donors (Lipinski definition) is 1. The summed E-state index contributed by atoms with van der Waals surface area (Å²) in [5.74, 6) is 0.852. The van der Waals surface area contributed by atoms with Crippen LogP contribution in [0.25, 0.3) is 0 Å². The highest BCUT2D eigenvalue weighted by atomic mass is 35.5. The summed E-state index contributed by atoms with van der Waals surface area (Å²) in [7, 11) is 0. The van der Waals surface area contributed by atoms with E-state index in [0.29, 0.717) is 6.54 Å². The molecule has 2 N–H and O–H groups in total. The molecule has 2 nitrogen and oxygen atoms in total. The number of benzene rings is 1. The van der Waals surface area contributed by atoms with Gasteiger partial charge in [0.2, 0.25) is 0 Å². The molecule has 0 spiro atoms. The topological polar surface area (TPSA) is 35.2 Å². The zero-order valence-corrected chi connectivity index (χ0v) is 13.2. The molecule has 0 aliphatic rings. The van der Waals surface area contributed by atoms with Crippen LogP contribution in [0.1, 0.15) is 36.3 Å². The fourth-order valence-corrected chi connectivity index (χ4v) is 3.11.